The molecule has 0 atom stereocenters. The van der Waals surface area contributed by atoms with E-state index in [1.807, 2.05) is 6.07 Å². The van der Waals surface area contributed by atoms with Gasteiger partial charge < -0.3 is 0 Å². The molecule has 4 heteroatoms. The Hall–Kier alpha value is -0.640. The first-order chi connectivity index (χ1) is 4.83. The molecule has 11 heavy (non-hydrogen) atoms. The highest BCUT2D eigenvalue weighted by molar-refractivity contribution is 5.85. The third-order valence-corrected chi connectivity index (χ3v) is 1.20. The fourth-order valence-corrected chi connectivity index (χ4v) is 0.765. The molecule has 2 nitrogen and oxygen atoms in total. The summed E-state index contributed by atoms with van der Waals surface area (Å²) in [5.41, 5.74) is 3.29. The topological polar surface area (TPSA) is 38.0 Å². The molecule has 0 unspecified atom stereocenters. The zero-order valence-electron chi connectivity index (χ0n) is 5.88. The lowest BCUT2D eigenvalue weighted by atomic mass is 10.2. The maximum Gasteiger partial charge on any atom is 0.123 e. The van der Waals surface area contributed by atoms with Crippen LogP contribution in [0.15, 0.2) is 24.3 Å². The Labute approximate surface area is 71.0 Å². The molecule has 1 rings (SSSR count). The van der Waals surface area contributed by atoms with Crippen LogP contribution in [-0.2, 0) is 6.54 Å². The van der Waals surface area contributed by atoms with Crippen molar-refractivity contribution in [2.75, 3.05) is 0 Å². The molecular weight excluding hydrogens is 167 g/mol. The molecule has 3 N–H and O–H groups in total. The first-order valence-corrected chi connectivity index (χ1v) is 3.01. The minimum atomic E-state index is -0.229. The fraction of sp³-hybridized carbons (Fsp3) is 0.143. The van der Waals surface area contributed by atoms with Gasteiger partial charge in [-0.15, -0.1) is 12.4 Å². The summed E-state index contributed by atoms with van der Waals surface area (Å²) < 4.78 is 12.4. The molecule has 0 aliphatic heterocycles. The lowest BCUT2D eigenvalue weighted by Gasteiger charge is -1.97. The number of hydrazine groups is 1. The second kappa shape index (κ2) is 5.07. The van der Waals surface area contributed by atoms with Crippen LogP contribution in [0.4, 0.5) is 4.39 Å². The molecule has 0 saturated heterocycles. The van der Waals surface area contributed by atoms with E-state index in [2.05, 4.69) is 5.43 Å². The van der Waals surface area contributed by atoms with Crippen molar-refractivity contribution in [2.24, 2.45) is 5.84 Å². The number of hydrogen-bond donors (Lipinski definition) is 2. The average Bonchev–Trinajstić information content (AvgIpc) is 1.88. The van der Waals surface area contributed by atoms with Crippen molar-refractivity contribution >= 4 is 12.4 Å². The zero-order chi connectivity index (χ0) is 7.40. The Balaban J connectivity index is 0.000001000. The van der Waals surface area contributed by atoms with E-state index in [0.717, 1.165) is 5.56 Å². The van der Waals surface area contributed by atoms with E-state index >= 15 is 0 Å². The molecule has 0 saturated carbocycles. The predicted molar refractivity (Wildman–Crippen MR) is 44.7 cm³/mol. The maximum absolute atomic E-state index is 12.4. The van der Waals surface area contributed by atoms with Gasteiger partial charge in [0, 0.05) is 6.54 Å². The van der Waals surface area contributed by atoms with Gasteiger partial charge in [-0.3, -0.25) is 11.3 Å². The largest absolute Gasteiger partial charge is 0.271 e. The second-order valence-corrected chi connectivity index (χ2v) is 2.01. The van der Waals surface area contributed by atoms with Crippen LogP contribution in [0.25, 0.3) is 0 Å². The standard InChI is InChI=1S/C7H9FN2.ClH/c8-7-3-1-2-6(4-7)5-10-9;/h1-4,10H,5,9H2;1H. The van der Waals surface area contributed by atoms with E-state index in [1.165, 1.54) is 12.1 Å². The third-order valence-electron chi connectivity index (χ3n) is 1.20. The molecule has 0 amide bonds. The Morgan fingerprint density at radius 2 is 2.18 bits per heavy atom. The van der Waals surface area contributed by atoms with E-state index in [9.17, 15) is 4.39 Å². The van der Waals surface area contributed by atoms with E-state index in [-0.39, 0.29) is 18.2 Å². The minimum absolute atomic E-state index is 0. The third kappa shape index (κ3) is 3.32. The molecule has 0 aliphatic carbocycles. The Morgan fingerprint density at radius 3 is 2.73 bits per heavy atom. The van der Waals surface area contributed by atoms with E-state index in [4.69, 9.17) is 5.84 Å². The van der Waals surface area contributed by atoms with Gasteiger partial charge >= 0.3 is 0 Å². The predicted octanol–water partition coefficient (Wildman–Crippen LogP) is 1.21. The van der Waals surface area contributed by atoms with Crippen LogP contribution < -0.4 is 11.3 Å². The van der Waals surface area contributed by atoms with Gasteiger partial charge in [-0.25, -0.2) is 4.39 Å². The SMILES string of the molecule is Cl.NNCc1cccc(F)c1. The molecule has 1 aromatic carbocycles. The van der Waals surface area contributed by atoms with Gasteiger partial charge in [-0.1, -0.05) is 12.1 Å². The average molecular weight is 177 g/mol. The molecule has 0 fully saturated rings. The van der Waals surface area contributed by atoms with Crippen molar-refractivity contribution < 1.29 is 4.39 Å². The van der Waals surface area contributed by atoms with E-state index in [0.29, 0.717) is 6.54 Å². The molecule has 62 valence electrons. The summed E-state index contributed by atoms with van der Waals surface area (Å²) in [6, 6.07) is 6.31. The Bertz CT molecular complexity index is 217. The molecule has 0 radical (unpaired) electrons. The van der Waals surface area contributed by atoms with Crippen LogP contribution in [-0.4, -0.2) is 0 Å². The van der Waals surface area contributed by atoms with Gasteiger partial charge in [0.05, 0.1) is 0 Å². The molecule has 0 bridgehead atoms. The maximum atomic E-state index is 12.4. The van der Waals surface area contributed by atoms with Gasteiger partial charge in [0.1, 0.15) is 5.82 Å². The van der Waals surface area contributed by atoms with Gasteiger partial charge in [0.25, 0.3) is 0 Å². The van der Waals surface area contributed by atoms with Gasteiger partial charge in [-0.2, -0.15) is 0 Å². The number of nitrogens with two attached hydrogens (primary N) is 1. The summed E-state index contributed by atoms with van der Waals surface area (Å²) >= 11 is 0. The van der Waals surface area contributed by atoms with Crippen molar-refractivity contribution in [3.63, 3.8) is 0 Å². The summed E-state index contributed by atoms with van der Waals surface area (Å²) in [6.45, 7) is 0.498. The van der Waals surface area contributed by atoms with Gasteiger partial charge in [0.15, 0.2) is 0 Å². The summed E-state index contributed by atoms with van der Waals surface area (Å²) in [5, 5.41) is 0. The summed E-state index contributed by atoms with van der Waals surface area (Å²) in [6.07, 6.45) is 0. The van der Waals surface area contributed by atoms with Crippen LogP contribution in [0.3, 0.4) is 0 Å². The molecule has 0 aromatic heterocycles. The minimum Gasteiger partial charge on any atom is -0.271 e. The smallest absolute Gasteiger partial charge is 0.123 e. The molecule has 1 aromatic rings. The van der Waals surface area contributed by atoms with Gasteiger partial charge in [0.2, 0.25) is 0 Å². The number of benzene rings is 1. The quantitative estimate of drug-likeness (QED) is 0.525. The van der Waals surface area contributed by atoms with Crippen molar-refractivity contribution in [3.05, 3.63) is 35.6 Å². The van der Waals surface area contributed by atoms with Gasteiger partial charge in [-0.05, 0) is 17.7 Å². The zero-order valence-corrected chi connectivity index (χ0v) is 6.70. The second-order valence-electron chi connectivity index (χ2n) is 2.01. The van der Waals surface area contributed by atoms with Crippen molar-refractivity contribution in [2.45, 2.75) is 6.54 Å². The van der Waals surface area contributed by atoms with Crippen LogP contribution in [0.5, 0.6) is 0 Å². The number of halogens is 2. The van der Waals surface area contributed by atoms with E-state index < -0.39 is 0 Å². The highest BCUT2D eigenvalue weighted by atomic mass is 35.5. The molecular formula is C7H10ClFN2. The number of nitrogens with one attached hydrogen (secondary N) is 1. The fourth-order valence-electron chi connectivity index (χ4n) is 0.765. The van der Waals surface area contributed by atoms with Crippen molar-refractivity contribution in [3.8, 4) is 0 Å². The molecule has 0 heterocycles. The Kier molecular flexibility index (Phi) is 4.77. The van der Waals surface area contributed by atoms with Crippen LogP contribution in [0.1, 0.15) is 5.56 Å². The van der Waals surface area contributed by atoms with Crippen molar-refractivity contribution in [1.82, 2.24) is 5.43 Å². The first-order valence-electron chi connectivity index (χ1n) is 3.01. The van der Waals surface area contributed by atoms with Crippen LogP contribution in [0, 0.1) is 5.82 Å². The lowest BCUT2D eigenvalue weighted by molar-refractivity contribution is 0.622. The normalized spacial score (nSPS) is 8.91. The highest BCUT2D eigenvalue weighted by Crippen LogP contribution is 2.01. The van der Waals surface area contributed by atoms with Crippen LogP contribution in [0.2, 0.25) is 0 Å². The summed E-state index contributed by atoms with van der Waals surface area (Å²) in [4.78, 5) is 0. The number of hydrogen-bond acceptors (Lipinski definition) is 2. The van der Waals surface area contributed by atoms with Crippen molar-refractivity contribution in [1.29, 1.82) is 0 Å². The summed E-state index contributed by atoms with van der Waals surface area (Å²) in [7, 11) is 0. The molecule has 0 aliphatic rings. The Morgan fingerprint density at radius 1 is 1.45 bits per heavy atom. The van der Waals surface area contributed by atoms with Crippen LogP contribution >= 0.6 is 12.4 Å². The monoisotopic (exact) mass is 176 g/mol. The highest BCUT2D eigenvalue weighted by Gasteiger charge is 1.91. The number of rotatable bonds is 2. The van der Waals surface area contributed by atoms with E-state index in [1.54, 1.807) is 6.07 Å². The molecule has 0 spiro atoms. The lowest BCUT2D eigenvalue weighted by Crippen LogP contribution is -2.20. The summed E-state index contributed by atoms with van der Waals surface area (Å²) in [5.74, 6) is 4.81. The first kappa shape index (κ1) is 10.4.